The Morgan fingerprint density at radius 2 is 1.96 bits per heavy atom. The van der Waals surface area contributed by atoms with E-state index in [1.54, 1.807) is 10.9 Å². The second-order valence-electron chi connectivity index (χ2n) is 5.25. The zero-order valence-corrected chi connectivity index (χ0v) is 14.4. The van der Waals surface area contributed by atoms with Gasteiger partial charge in [0.1, 0.15) is 5.75 Å². The van der Waals surface area contributed by atoms with Gasteiger partial charge in [-0.15, -0.1) is 0 Å². The molecule has 0 amide bonds. The molecular formula is C18H18N4OS. The molecule has 1 N–H and O–H groups in total. The number of para-hydroxylation sites is 1. The number of nitrogens with one attached hydrogen (secondary N) is 1. The fourth-order valence-corrected chi connectivity index (χ4v) is 2.46. The van der Waals surface area contributed by atoms with Gasteiger partial charge in [-0.05, 0) is 38.2 Å². The van der Waals surface area contributed by atoms with Crippen LogP contribution in [0.4, 0.5) is 0 Å². The van der Waals surface area contributed by atoms with Crippen LogP contribution in [-0.2, 0) is 0 Å². The summed E-state index contributed by atoms with van der Waals surface area (Å²) >= 11 is 5.30. The number of benzene rings is 2. The van der Waals surface area contributed by atoms with Crippen molar-refractivity contribution in [3.63, 3.8) is 0 Å². The molecule has 2 aromatic carbocycles. The Hall–Kier alpha value is -2.73. The maximum absolute atomic E-state index is 5.62. The number of rotatable bonds is 5. The van der Waals surface area contributed by atoms with Crippen molar-refractivity contribution < 1.29 is 4.74 Å². The SMILES string of the molecule is CCOc1ccccc1/C=N/n1c(-c2ccc(C)cc2)n[nH]c1=S. The fourth-order valence-electron chi connectivity index (χ4n) is 2.28. The molecule has 0 saturated heterocycles. The van der Waals surface area contributed by atoms with Crippen molar-refractivity contribution in [2.75, 3.05) is 6.61 Å². The Labute approximate surface area is 145 Å². The molecule has 0 radical (unpaired) electrons. The lowest BCUT2D eigenvalue weighted by Gasteiger charge is -2.06. The van der Waals surface area contributed by atoms with E-state index in [4.69, 9.17) is 17.0 Å². The summed E-state index contributed by atoms with van der Waals surface area (Å²) in [5.74, 6) is 1.46. The van der Waals surface area contributed by atoms with E-state index in [1.165, 1.54) is 5.56 Å². The van der Waals surface area contributed by atoms with E-state index in [1.807, 2.05) is 62.4 Å². The number of nitrogens with zero attached hydrogens (tertiary/aromatic N) is 3. The highest BCUT2D eigenvalue weighted by molar-refractivity contribution is 7.71. The molecule has 0 saturated carbocycles. The van der Waals surface area contributed by atoms with E-state index in [2.05, 4.69) is 15.3 Å². The second-order valence-corrected chi connectivity index (χ2v) is 5.63. The number of hydrogen-bond acceptors (Lipinski definition) is 4. The number of hydrogen-bond donors (Lipinski definition) is 1. The monoisotopic (exact) mass is 338 g/mol. The van der Waals surface area contributed by atoms with Gasteiger partial charge < -0.3 is 4.74 Å². The number of H-pyrrole nitrogens is 1. The zero-order valence-electron chi connectivity index (χ0n) is 13.6. The number of aromatic amines is 1. The van der Waals surface area contributed by atoms with Crippen molar-refractivity contribution in [3.05, 3.63) is 64.4 Å². The highest BCUT2D eigenvalue weighted by Crippen LogP contribution is 2.19. The van der Waals surface area contributed by atoms with Gasteiger partial charge in [-0.2, -0.15) is 14.9 Å². The van der Waals surface area contributed by atoms with Crippen LogP contribution >= 0.6 is 12.2 Å². The molecule has 3 rings (SSSR count). The third-order valence-corrected chi connectivity index (χ3v) is 3.76. The first-order valence-electron chi connectivity index (χ1n) is 7.69. The average Bonchev–Trinajstić information content (AvgIpc) is 2.96. The van der Waals surface area contributed by atoms with Gasteiger partial charge in [0.25, 0.3) is 0 Å². The van der Waals surface area contributed by atoms with Crippen molar-refractivity contribution in [2.24, 2.45) is 5.10 Å². The lowest BCUT2D eigenvalue weighted by Crippen LogP contribution is -1.98. The summed E-state index contributed by atoms with van der Waals surface area (Å²) < 4.78 is 7.67. The van der Waals surface area contributed by atoms with Crippen LogP contribution in [0.15, 0.2) is 53.6 Å². The highest BCUT2D eigenvalue weighted by Gasteiger charge is 2.08. The molecule has 0 aliphatic rings. The third-order valence-electron chi connectivity index (χ3n) is 3.49. The van der Waals surface area contributed by atoms with Gasteiger partial charge in [0.2, 0.25) is 4.77 Å². The minimum Gasteiger partial charge on any atom is -0.493 e. The normalized spacial score (nSPS) is 11.1. The molecule has 3 aromatic rings. The molecule has 5 nitrogen and oxygen atoms in total. The lowest BCUT2D eigenvalue weighted by atomic mass is 10.1. The van der Waals surface area contributed by atoms with E-state index in [0.717, 1.165) is 16.9 Å². The maximum Gasteiger partial charge on any atom is 0.216 e. The van der Waals surface area contributed by atoms with Crippen LogP contribution in [0.2, 0.25) is 0 Å². The zero-order chi connectivity index (χ0) is 16.9. The molecule has 1 aromatic heterocycles. The number of ether oxygens (including phenoxy) is 1. The molecule has 0 aliphatic heterocycles. The van der Waals surface area contributed by atoms with Crippen LogP contribution in [0.5, 0.6) is 5.75 Å². The molecule has 24 heavy (non-hydrogen) atoms. The minimum atomic E-state index is 0.440. The lowest BCUT2D eigenvalue weighted by molar-refractivity contribution is 0.340. The second kappa shape index (κ2) is 7.23. The average molecular weight is 338 g/mol. The van der Waals surface area contributed by atoms with Crippen LogP contribution < -0.4 is 4.74 Å². The minimum absolute atomic E-state index is 0.440. The molecule has 0 fully saturated rings. The van der Waals surface area contributed by atoms with Gasteiger partial charge in [-0.1, -0.05) is 42.0 Å². The van der Waals surface area contributed by atoms with Gasteiger partial charge in [-0.3, -0.25) is 0 Å². The Bertz CT molecular complexity index is 909. The van der Waals surface area contributed by atoms with E-state index >= 15 is 0 Å². The Balaban J connectivity index is 1.98. The summed E-state index contributed by atoms with van der Waals surface area (Å²) in [5.41, 5.74) is 3.02. The van der Waals surface area contributed by atoms with E-state index in [-0.39, 0.29) is 0 Å². The van der Waals surface area contributed by atoms with Crippen LogP contribution in [0.3, 0.4) is 0 Å². The summed E-state index contributed by atoms with van der Waals surface area (Å²) in [4.78, 5) is 0. The Morgan fingerprint density at radius 3 is 2.71 bits per heavy atom. The van der Waals surface area contributed by atoms with Gasteiger partial charge in [-0.25, -0.2) is 5.10 Å². The first-order chi connectivity index (χ1) is 11.7. The van der Waals surface area contributed by atoms with Crippen molar-refractivity contribution in [3.8, 4) is 17.1 Å². The topological polar surface area (TPSA) is 55.2 Å². The maximum atomic E-state index is 5.62. The van der Waals surface area contributed by atoms with Crippen molar-refractivity contribution in [2.45, 2.75) is 13.8 Å². The largest absolute Gasteiger partial charge is 0.493 e. The molecular weight excluding hydrogens is 320 g/mol. The van der Waals surface area contributed by atoms with E-state index in [9.17, 15) is 0 Å². The van der Waals surface area contributed by atoms with Crippen molar-refractivity contribution >= 4 is 18.4 Å². The first kappa shape index (κ1) is 16.1. The quantitative estimate of drug-likeness (QED) is 0.560. The molecule has 1 heterocycles. The van der Waals surface area contributed by atoms with E-state index in [0.29, 0.717) is 17.2 Å². The van der Waals surface area contributed by atoms with E-state index < -0.39 is 0 Å². The van der Waals surface area contributed by atoms with Crippen LogP contribution in [0.1, 0.15) is 18.1 Å². The molecule has 6 heteroatoms. The number of aryl methyl sites for hydroxylation is 1. The molecule has 122 valence electrons. The highest BCUT2D eigenvalue weighted by atomic mass is 32.1. The molecule has 0 unspecified atom stereocenters. The van der Waals surface area contributed by atoms with Gasteiger partial charge in [0, 0.05) is 11.1 Å². The van der Waals surface area contributed by atoms with Crippen LogP contribution in [-0.4, -0.2) is 27.7 Å². The van der Waals surface area contributed by atoms with Gasteiger partial charge >= 0.3 is 0 Å². The first-order valence-corrected chi connectivity index (χ1v) is 8.10. The molecule has 0 spiro atoms. The summed E-state index contributed by atoms with van der Waals surface area (Å²) in [7, 11) is 0. The fraction of sp³-hybridized carbons (Fsp3) is 0.167. The summed E-state index contributed by atoms with van der Waals surface area (Å²) in [6, 6.07) is 15.8. The van der Waals surface area contributed by atoms with Crippen LogP contribution in [0, 0.1) is 11.7 Å². The van der Waals surface area contributed by atoms with Gasteiger partial charge in [0.05, 0.1) is 12.8 Å². The smallest absolute Gasteiger partial charge is 0.216 e. The van der Waals surface area contributed by atoms with Crippen molar-refractivity contribution in [1.29, 1.82) is 0 Å². The Morgan fingerprint density at radius 1 is 1.21 bits per heavy atom. The molecule has 0 aliphatic carbocycles. The standard InChI is InChI=1S/C18H18N4OS/c1-3-23-16-7-5-4-6-15(16)12-19-22-17(20-21-18(22)24)14-10-8-13(2)9-11-14/h4-12H,3H2,1-2H3,(H,21,24)/b19-12+. The molecule has 0 bridgehead atoms. The Kier molecular flexibility index (Phi) is 4.86. The van der Waals surface area contributed by atoms with Crippen molar-refractivity contribution in [1.82, 2.24) is 14.9 Å². The third kappa shape index (κ3) is 3.44. The molecule has 0 atom stereocenters. The van der Waals surface area contributed by atoms with Gasteiger partial charge in [0.15, 0.2) is 5.82 Å². The van der Waals surface area contributed by atoms with Crippen LogP contribution in [0.25, 0.3) is 11.4 Å². The predicted molar refractivity (Wildman–Crippen MR) is 98.2 cm³/mol. The summed E-state index contributed by atoms with van der Waals surface area (Å²) in [6.07, 6.45) is 1.73. The summed E-state index contributed by atoms with van der Waals surface area (Å²) in [6.45, 7) is 4.60. The summed E-state index contributed by atoms with van der Waals surface area (Å²) in [5, 5.41) is 11.6. The number of aromatic nitrogens is 3. The predicted octanol–water partition coefficient (Wildman–Crippen LogP) is 4.20.